The lowest BCUT2D eigenvalue weighted by Crippen LogP contribution is -2.53. The predicted molar refractivity (Wildman–Crippen MR) is 122 cm³/mol. The second-order valence-corrected chi connectivity index (χ2v) is 8.80. The first-order chi connectivity index (χ1) is 16.0. The summed E-state index contributed by atoms with van der Waals surface area (Å²) in [5.41, 5.74) is 2.08. The maximum atomic E-state index is 12.3. The first-order valence-corrected chi connectivity index (χ1v) is 11.4. The molecule has 5 nitrogen and oxygen atoms in total. The molecule has 2 atom stereocenters. The van der Waals surface area contributed by atoms with Gasteiger partial charge in [-0.2, -0.15) is 0 Å². The number of para-hydroxylation sites is 4. The van der Waals surface area contributed by atoms with Crippen molar-refractivity contribution in [2.24, 2.45) is 0 Å². The van der Waals surface area contributed by atoms with Crippen LogP contribution in [0.2, 0.25) is 0 Å². The van der Waals surface area contributed by atoms with Gasteiger partial charge in [-0.1, -0.05) is 24.3 Å². The number of halogens is 3. The minimum absolute atomic E-state index is 0.169. The Morgan fingerprint density at radius 3 is 2.18 bits per heavy atom. The highest BCUT2D eigenvalue weighted by Gasteiger charge is 2.33. The van der Waals surface area contributed by atoms with E-state index >= 15 is 0 Å². The summed E-state index contributed by atoms with van der Waals surface area (Å²) in [7, 11) is 0. The van der Waals surface area contributed by atoms with Gasteiger partial charge in [0.2, 0.25) is 0 Å². The van der Waals surface area contributed by atoms with Crippen molar-refractivity contribution in [3.63, 3.8) is 0 Å². The fraction of sp³-hybridized carbons (Fsp3) is 0.250. The first-order valence-electron chi connectivity index (χ1n) is 10.6. The summed E-state index contributed by atoms with van der Waals surface area (Å²) in [5, 5.41) is 3.51. The van der Waals surface area contributed by atoms with Crippen molar-refractivity contribution in [1.82, 2.24) is 10.0 Å². The standard InChI is InChI=1S/C24H22F3N3O2S/c25-24(26,27)32-18-9-11-19(12-10-18)33-29-16-13-17(15-28-14-16)30-20-5-1-3-7-22(20)31-23-8-4-2-6-21(23)30/h1-12,16-17,28-29H,13-15H2. The van der Waals surface area contributed by atoms with Gasteiger partial charge in [-0.3, -0.25) is 4.72 Å². The number of alkyl halides is 3. The summed E-state index contributed by atoms with van der Waals surface area (Å²) in [5.74, 6) is 1.44. The van der Waals surface area contributed by atoms with E-state index in [1.54, 1.807) is 12.1 Å². The molecule has 9 heteroatoms. The van der Waals surface area contributed by atoms with Gasteiger partial charge < -0.3 is 19.7 Å². The van der Waals surface area contributed by atoms with Crippen LogP contribution in [0.5, 0.6) is 17.2 Å². The second kappa shape index (κ2) is 9.17. The molecule has 33 heavy (non-hydrogen) atoms. The molecule has 0 amide bonds. The third kappa shape index (κ3) is 5.05. The van der Waals surface area contributed by atoms with E-state index in [1.807, 2.05) is 36.4 Å². The topological polar surface area (TPSA) is 45.8 Å². The van der Waals surface area contributed by atoms with Crippen LogP contribution in [0.15, 0.2) is 77.7 Å². The number of anilines is 2. The maximum absolute atomic E-state index is 12.3. The molecule has 0 aliphatic carbocycles. The largest absolute Gasteiger partial charge is 0.573 e. The molecular formula is C24H22F3N3O2S. The highest BCUT2D eigenvalue weighted by Crippen LogP contribution is 2.48. The van der Waals surface area contributed by atoms with E-state index in [4.69, 9.17) is 4.74 Å². The Balaban J connectivity index is 1.27. The number of hydrogen-bond donors (Lipinski definition) is 2. The Bertz CT molecular complexity index is 1070. The Kier molecular flexibility index (Phi) is 6.09. The van der Waals surface area contributed by atoms with Crippen LogP contribution in [-0.2, 0) is 0 Å². The number of rotatable bonds is 5. The molecule has 5 rings (SSSR count). The minimum Gasteiger partial charge on any atom is -0.453 e. The van der Waals surface area contributed by atoms with Gasteiger partial charge in [-0.25, -0.2) is 0 Å². The Morgan fingerprint density at radius 2 is 1.55 bits per heavy atom. The molecule has 0 radical (unpaired) electrons. The third-order valence-corrected chi connectivity index (χ3v) is 6.52. The van der Waals surface area contributed by atoms with E-state index in [0.29, 0.717) is 0 Å². The van der Waals surface area contributed by atoms with E-state index in [1.165, 1.54) is 24.1 Å². The summed E-state index contributed by atoms with van der Waals surface area (Å²) >= 11 is 1.40. The van der Waals surface area contributed by atoms with Crippen LogP contribution in [0.3, 0.4) is 0 Å². The average molecular weight is 474 g/mol. The van der Waals surface area contributed by atoms with Gasteiger partial charge in [-0.05, 0) is 66.9 Å². The highest BCUT2D eigenvalue weighted by molar-refractivity contribution is 7.97. The van der Waals surface area contributed by atoms with Crippen molar-refractivity contribution >= 4 is 23.3 Å². The quantitative estimate of drug-likeness (QED) is 0.453. The van der Waals surface area contributed by atoms with Crippen LogP contribution >= 0.6 is 11.9 Å². The van der Waals surface area contributed by atoms with E-state index < -0.39 is 6.36 Å². The van der Waals surface area contributed by atoms with E-state index in [2.05, 4.69) is 31.8 Å². The molecule has 0 bridgehead atoms. The number of hydrogen-bond acceptors (Lipinski definition) is 6. The lowest BCUT2D eigenvalue weighted by atomic mass is 9.99. The van der Waals surface area contributed by atoms with Crippen molar-refractivity contribution in [3.05, 3.63) is 72.8 Å². The normalized spacial score (nSPS) is 19.9. The summed E-state index contributed by atoms with van der Waals surface area (Å²) in [6, 6.07) is 22.3. The summed E-state index contributed by atoms with van der Waals surface area (Å²) in [6.07, 6.45) is -3.80. The molecule has 172 valence electrons. The number of benzene rings is 3. The van der Waals surface area contributed by atoms with E-state index in [0.717, 1.165) is 47.3 Å². The van der Waals surface area contributed by atoms with Gasteiger partial charge in [0, 0.05) is 30.1 Å². The molecule has 2 aliphatic rings. The molecule has 1 fully saturated rings. The monoisotopic (exact) mass is 473 g/mol. The molecule has 2 aliphatic heterocycles. The summed E-state index contributed by atoms with van der Waals surface area (Å²) < 4.78 is 50.5. The van der Waals surface area contributed by atoms with E-state index in [-0.39, 0.29) is 17.8 Å². The smallest absolute Gasteiger partial charge is 0.453 e. The minimum atomic E-state index is -4.69. The van der Waals surface area contributed by atoms with Gasteiger partial charge in [0.05, 0.1) is 11.4 Å². The zero-order chi connectivity index (χ0) is 22.8. The van der Waals surface area contributed by atoms with Gasteiger partial charge in [-0.15, -0.1) is 13.2 Å². The molecule has 3 aromatic carbocycles. The lowest BCUT2D eigenvalue weighted by molar-refractivity contribution is -0.274. The lowest BCUT2D eigenvalue weighted by Gasteiger charge is -2.42. The molecule has 3 aromatic rings. The van der Waals surface area contributed by atoms with Crippen molar-refractivity contribution in [2.75, 3.05) is 18.0 Å². The molecule has 0 spiro atoms. The molecular weight excluding hydrogens is 451 g/mol. The fourth-order valence-corrected chi connectivity index (χ4v) is 4.95. The fourth-order valence-electron chi connectivity index (χ4n) is 4.19. The third-order valence-electron chi connectivity index (χ3n) is 5.56. The predicted octanol–water partition coefficient (Wildman–Crippen LogP) is 5.86. The van der Waals surface area contributed by atoms with Crippen LogP contribution in [0, 0.1) is 0 Å². The molecule has 0 saturated carbocycles. The van der Waals surface area contributed by atoms with Crippen molar-refractivity contribution < 1.29 is 22.6 Å². The number of piperidine rings is 1. The Hall–Kier alpha value is -2.88. The van der Waals surface area contributed by atoms with E-state index in [9.17, 15) is 13.2 Å². The molecule has 1 saturated heterocycles. The molecule has 2 unspecified atom stereocenters. The SMILES string of the molecule is FC(F)(F)Oc1ccc(SNC2CNCC(N3c4ccccc4Oc4ccccc43)C2)cc1. The van der Waals surface area contributed by atoms with Gasteiger partial charge in [0.25, 0.3) is 0 Å². The van der Waals surface area contributed by atoms with Gasteiger partial charge >= 0.3 is 6.36 Å². The number of ether oxygens (including phenoxy) is 2. The van der Waals surface area contributed by atoms with Crippen molar-refractivity contribution in [1.29, 1.82) is 0 Å². The zero-order valence-corrected chi connectivity index (χ0v) is 18.3. The molecule has 2 N–H and O–H groups in total. The summed E-state index contributed by atoms with van der Waals surface area (Å²) in [4.78, 5) is 3.15. The molecule has 2 heterocycles. The van der Waals surface area contributed by atoms with Crippen molar-refractivity contribution in [3.8, 4) is 17.2 Å². The number of fused-ring (bicyclic) bond motifs is 2. The van der Waals surface area contributed by atoms with Crippen LogP contribution in [0.25, 0.3) is 0 Å². The molecule has 0 aromatic heterocycles. The Morgan fingerprint density at radius 1 is 0.909 bits per heavy atom. The Labute approximate surface area is 194 Å². The first kappa shape index (κ1) is 21.9. The number of nitrogens with zero attached hydrogens (tertiary/aromatic N) is 1. The van der Waals surface area contributed by atoms with Crippen molar-refractivity contribution in [2.45, 2.75) is 29.8 Å². The zero-order valence-electron chi connectivity index (χ0n) is 17.5. The van der Waals surface area contributed by atoms with Crippen LogP contribution in [0.1, 0.15) is 6.42 Å². The van der Waals surface area contributed by atoms with Crippen LogP contribution in [-0.4, -0.2) is 31.5 Å². The van der Waals surface area contributed by atoms with Crippen LogP contribution < -0.4 is 24.4 Å². The van der Waals surface area contributed by atoms with Gasteiger partial charge in [0.1, 0.15) is 5.75 Å². The van der Waals surface area contributed by atoms with Gasteiger partial charge in [0.15, 0.2) is 11.5 Å². The summed E-state index contributed by atoms with van der Waals surface area (Å²) in [6.45, 7) is 1.63. The average Bonchev–Trinajstić information content (AvgIpc) is 2.81. The van der Waals surface area contributed by atoms with Crippen LogP contribution in [0.4, 0.5) is 24.5 Å². The second-order valence-electron chi connectivity index (χ2n) is 7.89. The maximum Gasteiger partial charge on any atom is 0.573 e. The highest BCUT2D eigenvalue weighted by atomic mass is 32.2. The number of nitrogens with one attached hydrogen (secondary N) is 2.